The normalized spacial score (nSPS) is 23.0. The summed E-state index contributed by atoms with van der Waals surface area (Å²) in [6.45, 7) is 43.1. The Morgan fingerprint density at radius 1 is 0.469 bits per heavy atom. The Kier molecular flexibility index (Phi) is 42.5. The quantitative estimate of drug-likeness (QED) is 0.0549. The van der Waals surface area contributed by atoms with Crippen LogP contribution in [-0.2, 0) is 23.7 Å². The molecule has 9 N–H and O–H groups in total. The van der Waals surface area contributed by atoms with E-state index in [1.54, 1.807) is 51.6 Å². The molecule has 2 aromatic heterocycles. The number of nitrogens with zero attached hydrogens (tertiary/aromatic N) is 20. The summed E-state index contributed by atoms with van der Waals surface area (Å²) >= 11 is 11.5. The van der Waals surface area contributed by atoms with Crippen LogP contribution in [0, 0.1) is 17.2 Å². The highest BCUT2D eigenvalue weighted by Crippen LogP contribution is 2.33. The highest BCUT2D eigenvalue weighted by atomic mass is 35.5. The number of halogens is 2. The van der Waals surface area contributed by atoms with E-state index in [1.165, 1.54) is 12.0 Å². The molecule has 13 aliphatic rings. The average Bonchev–Trinajstić information content (AvgIpc) is 1.71. The van der Waals surface area contributed by atoms with Gasteiger partial charge in [0.15, 0.2) is 22.4 Å². The summed E-state index contributed by atoms with van der Waals surface area (Å²) in [7, 11) is 7.36. The van der Waals surface area contributed by atoms with Crippen molar-refractivity contribution in [2.24, 2.45) is 17.4 Å². The maximum Gasteiger partial charge on any atom is 0.410 e. The summed E-state index contributed by atoms with van der Waals surface area (Å²) in [5.74, 6) is 2.25. The second-order valence-electron chi connectivity index (χ2n) is 43.0. The molecule has 1 aromatic carbocycles. The van der Waals surface area contributed by atoms with Crippen molar-refractivity contribution in [1.82, 2.24) is 105 Å². The van der Waals surface area contributed by atoms with Crippen LogP contribution < -0.4 is 47.9 Å². The number of carbonyl (C=O) groups excluding carboxylic acids is 11. The van der Waals surface area contributed by atoms with Crippen molar-refractivity contribution in [3.05, 3.63) is 58.8 Å². The van der Waals surface area contributed by atoms with E-state index >= 15 is 0 Å². The molecule has 796 valence electrons. The van der Waals surface area contributed by atoms with Crippen LogP contribution in [0.25, 0.3) is 0 Å². The molecule has 143 heavy (non-hydrogen) atoms. The first-order valence-electron chi connectivity index (χ1n) is 51.2. The van der Waals surface area contributed by atoms with Gasteiger partial charge in [0.25, 0.3) is 5.91 Å². The largest absolute Gasteiger partial charge is 0.444 e. The second kappa shape index (κ2) is 53.3. The number of hydrogen-bond donors (Lipinski definition) is 7. The van der Waals surface area contributed by atoms with E-state index in [2.05, 4.69) is 63.5 Å². The van der Waals surface area contributed by atoms with Crippen LogP contribution >= 0.6 is 23.2 Å². The number of nitrogens with two attached hydrogens (primary N) is 2. The number of hydrogen-bond acceptors (Lipinski definition) is 26. The van der Waals surface area contributed by atoms with Crippen molar-refractivity contribution in [2.45, 2.75) is 257 Å². The fraction of sp³-hybridized carbons (Fsp3) is 0.737. The van der Waals surface area contributed by atoms with Crippen molar-refractivity contribution in [3.63, 3.8) is 0 Å². The summed E-state index contributed by atoms with van der Waals surface area (Å²) in [4.78, 5) is 177. The number of nitriles is 1. The lowest BCUT2D eigenvalue weighted by Gasteiger charge is -2.37. The molecule has 16 rings (SSSR count). The van der Waals surface area contributed by atoms with Crippen LogP contribution in [0.1, 0.15) is 220 Å². The molecular formula is C99H161Cl2N27O15. The number of rotatable bonds is 15. The van der Waals surface area contributed by atoms with Gasteiger partial charge in [-0.1, -0.05) is 23.7 Å². The lowest BCUT2D eigenvalue weighted by atomic mass is 9.90. The molecule has 13 aliphatic heterocycles. The molecule has 13 saturated heterocycles. The third-order valence-electron chi connectivity index (χ3n) is 26.9. The van der Waals surface area contributed by atoms with Crippen LogP contribution in [0.5, 0.6) is 0 Å². The van der Waals surface area contributed by atoms with Gasteiger partial charge in [0.2, 0.25) is 5.91 Å². The number of benzene rings is 1. The van der Waals surface area contributed by atoms with Gasteiger partial charge in [-0.2, -0.15) is 5.26 Å². The molecule has 0 bridgehead atoms. The predicted octanol–water partition coefficient (Wildman–Crippen LogP) is 10.5. The van der Waals surface area contributed by atoms with Crippen LogP contribution in [0.3, 0.4) is 0 Å². The molecule has 42 nitrogen and oxygen atoms in total. The van der Waals surface area contributed by atoms with E-state index in [-0.39, 0.29) is 113 Å². The number of anilines is 4. The van der Waals surface area contributed by atoms with Crippen molar-refractivity contribution < 1.29 is 71.7 Å². The molecule has 44 heteroatoms. The summed E-state index contributed by atoms with van der Waals surface area (Å²) in [6.07, 6.45) is 18.6. The number of likely N-dealkylation sites (N-methyl/N-ethyl adjacent to an activating group) is 4. The zero-order chi connectivity index (χ0) is 104. The smallest absolute Gasteiger partial charge is 0.410 e. The zero-order valence-electron chi connectivity index (χ0n) is 87.4. The number of nitrogens with one attached hydrogen (secondary N) is 5. The first kappa shape index (κ1) is 114. The fourth-order valence-corrected chi connectivity index (χ4v) is 19.7. The zero-order valence-corrected chi connectivity index (χ0v) is 88.9. The van der Waals surface area contributed by atoms with Gasteiger partial charge >= 0.3 is 54.5 Å². The number of primary amides is 1. The monoisotopic (exact) mass is 2040 g/mol. The summed E-state index contributed by atoms with van der Waals surface area (Å²) in [6, 6.07) is 11.7. The predicted molar refractivity (Wildman–Crippen MR) is 548 cm³/mol. The third-order valence-corrected chi connectivity index (χ3v) is 27.3. The third kappa shape index (κ3) is 35.2. The molecular weight excluding hydrogens is 1880 g/mol. The highest BCUT2D eigenvalue weighted by molar-refractivity contribution is 6.30. The fourth-order valence-electron chi connectivity index (χ4n) is 19.5. The topological polar surface area (TPSA) is 461 Å². The van der Waals surface area contributed by atoms with Crippen molar-refractivity contribution in [3.8, 4) is 6.07 Å². The van der Waals surface area contributed by atoms with E-state index in [0.717, 1.165) is 213 Å². The van der Waals surface area contributed by atoms with Crippen LogP contribution in [0.2, 0.25) is 5.15 Å². The van der Waals surface area contributed by atoms with Crippen LogP contribution in [-0.4, -0.2) is 419 Å². The number of alkyl halides is 1. The average molecular weight is 2040 g/mol. The molecule has 13 fully saturated rings. The number of piperidine rings is 8. The number of aromatic nitrogens is 4. The first-order chi connectivity index (χ1) is 67.7. The van der Waals surface area contributed by atoms with Gasteiger partial charge in [0.1, 0.15) is 40.1 Å². The molecule has 0 saturated carbocycles. The first-order valence-corrected chi connectivity index (χ1v) is 52.1. The van der Waals surface area contributed by atoms with Crippen molar-refractivity contribution in [2.75, 3.05) is 226 Å². The lowest BCUT2D eigenvalue weighted by molar-refractivity contribution is -0.122. The Morgan fingerprint density at radius 2 is 0.881 bits per heavy atom. The lowest BCUT2D eigenvalue weighted by Crippen LogP contribution is -2.51. The molecule has 0 unspecified atom stereocenters. The summed E-state index contributed by atoms with van der Waals surface area (Å²) in [5.41, 5.74) is 11.9. The minimum atomic E-state index is -0.625. The number of amides is 16. The Labute approximate surface area is 854 Å². The Hall–Kier alpha value is -10.9. The Morgan fingerprint density at radius 3 is 1.29 bits per heavy atom. The van der Waals surface area contributed by atoms with Gasteiger partial charge in [-0.3, -0.25) is 9.59 Å². The molecule has 0 radical (unpaired) electrons. The van der Waals surface area contributed by atoms with Crippen molar-refractivity contribution in [1.29, 1.82) is 5.26 Å². The van der Waals surface area contributed by atoms with E-state index in [1.807, 2.05) is 154 Å². The van der Waals surface area contributed by atoms with Gasteiger partial charge < -0.3 is 130 Å². The number of urea groups is 5. The number of ether oxygens (including phenoxy) is 4. The van der Waals surface area contributed by atoms with Gasteiger partial charge in [-0.15, -0.1) is 11.6 Å². The summed E-state index contributed by atoms with van der Waals surface area (Å²) in [5, 5.41) is 24.5. The minimum Gasteiger partial charge on any atom is -0.444 e. The van der Waals surface area contributed by atoms with E-state index in [0.29, 0.717) is 107 Å². The van der Waals surface area contributed by atoms with Crippen LogP contribution in [0.4, 0.5) is 66.3 Å². The maximum absolute atomic E-state index is 12.5. The van der Waals surface area contributed by atoms with Gasteiger partial charge in [0.05, 0.1) is 36.6 Å². The number of likely N-dealkylation sites (tertiary alicyclic amines) is 4. The molecule has 16 amide bonds. The van der Waals surface area contributed by atoms with Gasteiger partial charge in [-0.25, -0.2) is 63.1 Å². The van der Waals surface area contributed by atoms with Crippen molar-refractivity contribution >= 4 is 113 Å². The number of carbonyl (C=O) groups is 11. The van der Waals surface area contributed by atoms with E-state index in [4.69, 9.17) is 63.9 Å². The molecule has 3 aromatic rings. The van der Waals surface area contributed by atoms with Crippen LogP contribution in [0.15, 0.2) is 36.7 Å². The van der Waals surface area contributed by atoms with E-state index in [9.17, 15) is 52.7 Å². The standard InChI is InChI=1S/C25H34N8O2.C14H17ClN6O.C14H25ClN2O3.C14H25N3O3.C13H23N3O3.C10H20N2O2.C9H17N3O/c1-31-13-14-33(25(31)35)20-3-2-12-32(16-20)21-15-28-22(23(26)34)24(30-21)29-19-6-4-17(5-7-19)18-8-10-27-11-9-18;1-19-5-6-21(14(19)22)10-3-2-4-20(9-10)12-8-17-11(7-16)13(15)18-12;1-14(2,3)20-13(19)17-8-4-5-11(10-17)9-12(18)16-7-6-15;1-14(2,3)20-13(19)16-7-5-6-11(10-16)17-9-8-15(4)12(17)18;1-13(2,3)19-12(18)15-7-4-5-10(9-15)16-8-6-14-11(16)17;1-10(2,3)14-9(13)12-6-4-5-8(11)7-12;1-11-5-6-12(9(11)13)8-3-2-4-10-7-8/h4-7,15,18,20,27H,2-3,8-14,16H2,1H3,(H2,26,34)(H,29,30);8,10H,2-6,9H2,1H3;11H,4-10H2,1-3H3,(H,16,18);11H,5-10H2,1-4H3;10H,4-9H2,1-3H3,(H,14,17);8H,4-7,11H2,1-3H3;8,10H,2-7H2,1H3/t20-;10-;2*11-;10-;2*8-/m1101111/s1. The molecule has 0 spiro atoms. The Balaban J connectivity index is 0.000000176. The minimum absolute atomic E-state index is 0.00156. The molecule has 0 aliphatic carbocycles. The van der Waals surface area contributed by atoms with Gasteiger partial charge in [-0.05, 0) is 235 Å². The van der Waals surface area contributed by atoms with E-state index < -0.39 is 28.3 Å². The van der Waals surface area contributed by atoms with Gasteiger partial charge in [0, 0.05) is 215 Å². The molecule has 7 atom stereocenters. The summed E-state index contributed by atoms with van der Waals surface area (Å²) < 4.78 is 21.4. The molecule has 15 heterocycles. The second-order valence-corrected chi connectivity index (χ2v) is 43.7. The highest BCUT2D eigenvalue weighted by Gasteiger charge is 2.42. The maximum atomic E-state index is 12.5. The Bertz CT molecular complexity index is 4760. The SMILES string of the molecule is CC(C)(C)OC(=O)N1CCC[C@@H](CC(=O)NCCCl)C1.CC(C)(C)OC(=O)N1CCC[C@@H](N)C1.CC(C)(C)OC(=O)N1CCC[C@@H](N2CCNC2=O)C1.CN1CCN([C@@H]2CCCN(C(=O)OC(C)(C)C)C2)C1=O.CN1CCN([C@@H]2CCCN(c3cnc(C#N)c(Cl)n3)C2)C1=O.CN1CCN([C@@H]2CCCN(c3cnc(C(N)=O)c(Nc4ccc(C5CCNCC5)cc4)n3)C2)C1=O.CN1CCN([C@@H]2CCCNC2)C1=O.